The first-order chi connectivity index (χ1) is 5.17. The number of hydrogen-bond donors (Lipinski definition) is 1. The van der Waals surface area contributed by atoms with E-state index in [9.17, 15) is 4.79 Å². The minimum absolute atomic E-state index is 0.167. The van der Waals surface area contributed by atoms with Crippen molar-refractivity contribution in [3.63, 3.8) is 0 Å². The van der Waals surface area contributed by atoms with Gasteiger partial charge in [-0.3, -0.25) is 4.79 Å². The van der Waals surface area contributed by atoms with Crippen LogP contribution in [0.2, 0.25) is 0 Å². The number of methoxy groups -OCH3 is 2. The van der Waals surface area contributed by atoms with E-state index in [4.69, 9.17) is 11.0 Å². The zero-order valence-electron chi connectivity index (χ0n) is 6.25. The van der Waals surface area contributed by atoms with Gasteiger partial charge in [-0.25, -0.2) is 0 Å². The van der Waals surface area contributed by atoms with Crippen LogP contribution in [0.1, 0.15) is 0 Å². The van der Waals surface area contributed by atoms with Crippen molar-refractivity contribution < 1.29 is 14.3 Å². The van der Waals surface area contributed by atoms with Crippen molar-refractivity contribution in [2.75, 3.05) is 14.2 Å². The number of nitrogens with two attached hydrogens (primary N) is 1. The highest BCUT2D eigenvalue weighted by molar-refractivity contribution is 5.96. The third-order valence-electron chi connectivity index (χ3n) is 0.933. The van der Waals surface area contributed by atoms with Gasteiger partial charge in [0.2, 0.25) is 0 Å². The van der Waals surface area contributed by atoms with Crippen LogP contribution in [0.3, 0.4) is 0 Å². The second kappa shape index (κ2) is 4.17. The molecule has 0 heterocycles. The fraction of sp³-hybridized carbons (Fsp3) is 0.333. The molecule has 0 saturated heterocycles. The standard InChI is InChI=1S/C6H8N2O3/c1-10-6(11-2)4(3-7)5(8)9/h1-2H3,(H2,8,9). The van der Waals surface area contributed by atoms with Crippen LogP contribution in [0.15, 0.2) is 11.5 Å². The largest absolute Gasteiger partial charge is 0.468 e. The number of nitrogens with zero attached hydrogens (tertiary/aromatic N) is 1. The molecule has 0 aromatic heterocycles. The number of rotatable bonds is 3. The number of amides is 1. The molecular formula is C6H8N2O3. The number of hydrogen-bond acceptors (Lipinski definition) is 4. The zero-order valence-corrected chi connectivity index (χ0v) is 6.25. The van der Waals surface area contributed by atoms with E-state index < -0.39 is 5.91 Å². The molecule has 2 N–H and O–H groups in total. The summed E-state index contributed by atoms with van der Waals surface area (Å²) in [5.41, 5.74) is 4.50. The highest BCUT2D eigenvalue weighted by Gasteiger charge is 2.12. The quantitative estimate of drug-likeness (QED) is 0.339. The number of carbonyl (C=O) groups excluding carboxylic acids is 1. The van der Waals surface area contributed by atoms with Crippen LogP contribution < -0.4 is 5.73 Å². The lowest BCUT2D eigenvalue weighted by atomic mass is 10.3. The molecule has 0 rings (SSSR count). The molecule has 0 unspecified atom stereocenters. The van der Waals surface area contributed by atoms with E-state index in [2.05, 4.69) is 9.47 Å². The fourth-order valence-electron chi connectivity index (χ4n) is 0.489. The minimum atomic E-state index is -0.869. The van der Waals surface area contributed by atoms with Gasteiger partial charge >= 0.3 is 5.95 Å². The van der Waals surface area contributed by atoms with Crippen molar-refractivity contribution in [2.45, 2.75) is 0 Å². The summed E-state index contributed by atoms with van der Waals surface area (Å²) >= 11 is 0. The van der Waals surface area contributed by atoms with Gasteiger partial charge in [-0.1, -0.05) is 0 Å². The van der Waals surface area contributed by atoms with Crippen LogP contribution in [0.4, 0.5) is 0 Å². The minimum Gasteiger partial charge on any atom is -0.468 e. The van der Waals surface area contributed by atoms with Crippen LogP contribution >= 0.6 is 0 Å². The smallest absolute Gasteiger partial charge is 0.303 e. The van der Waals surface area contributed by atoms with Crippen LogP contribution in [-0.2, 0) is 14.3 Å². The molecule has 5 nitrogen and oxygen atoms in total. The fourth-order valence-corrected chi connectivity index (χ4v) is 0.489. The average molecular weight is 156 g/mol. The van der Waals surface area contributed by atoms with Crippen molar-refractivity contribution in [3.05, 3.63) is 11.5 Å². The molecule has 0 radical (unpaired) electrons. The van der Waals surface area contributed by atoms with E-state index in [1.807, 2.05) is 0 Å². The third-order valence-corrected chi connectivity index (χ3v) is 0.933. The van der Waals surface area contributed by atoms with Gasteiger partial charge in [-0.2, -0.15) is 5.26 Å². The van der Waals surface area contributed by atoms with Crippen LogP contribution in [0.5, 0.6) is 0 Å². The molecular weight excluding hydrogens is 148 g/mol. The van der Waals surface area contributed by atoms with Crippen molar-refractivity contribution >= 4 is 5.91 Å². The summed E-state index contributed by atoms with van der Waals surface area (Å²) in [6, 6.07) is 1.56. The van der Waals surface area contributed by atoms with Crippen LogP contribution in [-0.4, -0.2) is 20.1 Å². The zero-order chi connectivity index (χ0) is 8.85. The Morgan fingerprint density at radius 1 is 1.45 bits per heavy atom. The predicted octanol–water partition coefficient (Wildman–Crippen LogP) is -0.500. The van der Waals surface area contributed by atoms with Gasteiger partial charge < -0.3 is 15.2 Å². The maximum atomic E-state index is 10.5. The normalized spacial score (nSPS) is 7.73. The summed E-state index contributed by atoms with van der Waals surface area (Å²) in [6.07, 6.45) is 0. The summed E-state index contributed by atoms with van der Waals surface area (Å²) in [6.45, 7) is 0. The Morgan fingerprint density at radius 2 is 1.91 bits per heavy atom. The maximum Gasteiger partial charge on any atom is 0.303 e. The predicted molar refractivity (Wildman–Crippen MR) is 35.9 cm³/mol. The molecule has 0 aromatic carbocycles. The summed E-state index contributed by atoms with van der Waals surface area (Å²) in [4.78, 5) is 10.5. The van der Waals surface area contributed by atoms with Gasteiger partial charge in [-0.05, 0) is 0 Å². The average Bonchev–Trinajstić information content (AvgIpc) is 1.99. The SMILES string of the molecule is COC(OC)=C(C#N)C(N)=O. The molecule has 0 saturated carbocycles. The Bertz CT molecular complexity index is 220. The number of carbonyl (C=O) groups is 1. The Kier molecular flexibility index (Phi) is 3.52. The van der Waals surface area contributed by atoms with E-state index in [1.165, 1.54) is 14.2 Å². The monoisotopic (exact) mass is 156 g/mol. The summed E-state index contributed by atoms with van der Waals surface area (Å²) < 4.78 is 9.10. The van der Waals surface area contributed by atoms with Crippen molar-refractivity contribution in [1.29, 1.82) is 5.26 Å². The first-order valence-corrected chi connectivity index (χ1v) is 2.69. The Balaban J connectivity index is 4.82. The molecule has 11 heavy (non-hydrogen) atoms. The van der Waals surface area contributed by atoms with Gasteiger partial charge in [-0.15, -0.1) is 0 Å². The van der Waals surface area contributed by atoms with Gasteiger partial charge in [0.05, 0.1) is 14.2 Å². The van der Waals surface area contributed by atoms with E-state index in [1.54, 1.807) is 6.07 Å². The van der Waals surface area contributed by atoms with Gasteiger partial charge in [0.1, 0.15) is 6.07 Å². The van der Waals surface area contributed by atoms with Gasteiger partial charge in [0.15, 0.2) is 5.57 Å². The number of nitriles is 1. The lowest BCUT2D eigenvalue weighted by Crippen LogP contribution is -2.16. The topological polar surface area (TPSA) is 85.3 Å². The van der Waals surface area contributed by atoms with Crippen LogP contribution in [0.25, 0.3) is 0 Å². The van der Waals surface area contributed by atoms with Crippen LogP contribution in [0, 0.1) is 11.3 Å². The molecule has 0 aliphatic heterocycles. The van der Waals surface area contributed by atoms with Gasteiger partial charge in [0.25, 0.3) is 5.91 Å². The molecule has 0 aliphatic carbocycles. The molecule has 0 aliphatic rings. The third kappa shape index (κ3) is 2.18. The first-order valence-electron chi connectivity index (χ1n) is 2.69. The summed E-state index contributed by atoms with van der Waals surface area (Å²) in [5, 5.41) is 8.36. The molecule has 5 heteroatoms. The van der Waals surface area contributed by atoms with Crippen molar-refractivity contribution in [3.8, 4) is 6.07 Å². The highest BCUT2D eigenvalue weighted by Crippen LogP contribution is 2.03. The molecule has 1 amide bonds. The summed E-state index contributed by atoms with van der Waals surface area (Å²) in [5.74, 6) is -1.04. The van der Waals surface area contributed by atoms with E-state index in [0.29, 0.717) is 0 Å². The second-order valence-electron chi connectivity index (χ2n) is 1.55. The molecule has 0 spiro atoms. The molecule has 0 fully saturated rings. The molecule has 0 atom stereocenters. The highest BCUT2D eigenvalue weighted by atomic mass is 16.7. The maximum absolute atomic E-state index is 10.5. The molecule has 0 aromatic rings. The molecule has 60 valence electrons. The van der Waals surface area contributed by atoms with E-state index in [0.717, 1.165) is 0 Å². The lowest BCUT2D eigenvalue weighted by molar-refractivity contribution is -0.114. The first kappa shape index (κ1) is 9.30. The second-order valence-corrected chi connectivity index (χ2v) is 1.55. The number of primary amides is 1. The Morgan fingerprint density at radius 3 is 2.00 bits per heavy atom. The summed E-state index contributed by atoms with van der Waals surface area (Å²) in [7, 11) is 2.55. The van der Waals surface area contributed by atoms with Gasteiger partial charge in [0, 0.05) is 0 Å². The number of ether oxygens (including phenoxy) is 2. The van der Waals surface area contributed by atoms with Crippen molar-refractivity contribution in [2.24, 2.45) is 5.73 Å². The van der Waals surface area contributed by atoms with Crippen molar-refractivity contribution in [1.82, 2.24) is 0 Å². The van der Waals surface area contributed by atoms with E-state index in [-0.39, 0.29) is 11.5 Å². The van der Waals surface area contributed by atoms with E-state index >= 15 is 0 Å². The Labute approximate surface area is 64.0 Å². The molecule has 0 bridgehead atoms. The Hall–Kier alpha value is -1.70. The lowest BCUT2D eigenvalue weighted by Gasteiger charge is -2.03.